The molecule has 2 heterocycles. The van der Waals surface area contributed by atoms with Crippen molar-refractivity contribution in [3.05, 3.63) is 63.3 Å². The number of rotatable bonds is 3. The van der Waals surface area contributed by atoms with Crippen LogP contribution in [0.15, 0.2) is 47.3 Å². The third-order valence-electron chi connectivity index (χ3n) is 5.42. The second-order valence-corrected chi connectivity index (χ2v) is 8.62. The molecule has 1 aromatic heterocycles. The number of carbonyl (C=O) groups is 2. The molecule has 1 saturated heterocycles. The molecule has 2 aromatic carbocycles. The second kappa shape index (κ2) is 8.21. The molecule has 1 fully saturated rings. The Labute approximate surface area is 172 Å². The lowest BCUT2D eigenvalue weighted by atomic mass is 9.90. The molecule has 0 radical (unpaired) electrons. The topological polar surface area (TPSA) is 82.3 Å². The zero-order chi connectivity index (χ0) is 20.4. The maximum atomic E-state index is 12.5. The number of carbonyl (C=O) groups excluding carboxylic acids is 2. The average molecular weight is 410 g/mol. The number of hydrogen-bond donors (Lipinski definition) is 2. The van der Waals surface area contributed by atoms with Gasteiger partial charge in [0, 0.05) is 18.8 Å². The highest BCUT2D eigenvalue weighted by molar-refractivity contribution is 7.16. The number of piperidine rings is 1. The number of aromatic nitrogens is 1. The van der Waals surface area contributed by atoms with Crippen LogP contribution >= 0.6 is 11.3 Å². The summed E-state index contributed by atoms with van der Waals surface area (Å²) in [5.41, 5.74) is 3.81. The summed E-state index contributed by atoms with van der Waals surface area (Å²) >= 11 is 1.07. The van der Waals surface area contributed by atoms with E-state index in [0.717, 1.165) is 40.8 Å². The van der Waals surface area contributed by atoms with E-state index < -0.39 is 11.8 Å². The van der Waals surface area contributed by atoms with Crippen molar-refractivity contribution < 1.29 is 9.59 Å². The Morgan fingerprint density at radius 3 is 2.59 bits per heavy atom. The van der Waals surface area contributed by atoms with Crippen LogP contribution in [-0.2, 0) is 16.0 Å². The van der Waals surface area contributed by atoms with E-state index in [9.17, 15) is 14.4 Å². The number of benzene rings is 2. The van der Waals surface area contributed by atoms with Crippen molar-refractivity contribution in [1.82, 2.24) is 9.88 Å². The maximum absolute atomic E-state index is 12.5. The minimum absolute atomic E-state index is 0.145. The normalized spacial score (nSPS) is 14.9. The number of likely N-dealkylation sites (tertiary alicyclic amines) is 1. The number of anilines is 1. The lowest BCUT2D eigenvalue weighted by molar-refractivity contribution is -0.144. The molecule has 0 aliphatic carbocycles. The number of hydrogen-bond acceptors (Lipinski definition) is 4. The van der Waals surface area contributed by atoms with Gasteiger partial charge >= 0.3 is 16.7 Å². The quantitative estimate of drug-likeness (QED) is 0.651. The molecule has 150 valence electrons. The van der Waals surface area contributed by atoms with Crippen LogP contribution < -0.4 is 10.2 Å². The lowest BCUT2D eigenvalue weighted by Gasteiger charge is -2.31. The number of nitrogens with zero attached hydrogens (tertiary/aromatic N) is 1. The fourth-order valence-electron chi connectivity index (χ4n) is 3.75. The summed E-state index contributed by atoms with van der Waals surface area (Å²) in [6.45, 7) is 3.28. The Balaban J connectivity index is 1.31. The molecule has 1 aliphatic rings. The first-order valence-corrected chi connectivity index (χ1v) is 10.6. The largest absolute Gasteiger partial charge is 0.334 e. The van der Waals surface area contributed by atoms with Crippen molar-refractivity contribution in [3.63, 3.8) is 0 Å². The maximum Gasteiger partial charge on any atom is 0.313 e. The van der Waals surface area contributed by atoms with Crippen LogP contribution in [-0.4, -0.2) is 34.8 Å². The van der Waals surface area contributed by atoms with Crippen molar-refractivity contribution in [2.45, 2.75) is 26.2 Å². The SMILES string of the molecule is Cc1ccc(CC2CCN(C(=O)C(=O)Nc3ccc4[nH]c(=O)sc4c3)CC2)cc1. The van der Waals surface area contributed by atoms with Crippen LogP contribution in [0.25, 0.3) is 10.2 Å². The highest BCUT2D eigenvalue weighted by Crippen LogP contribution is 2.23. The zero-order valence-corrected chi connectivity index (χ0v) is 17.1. The Bertz CT molecular complexity index is 1090. The smallest absolute Gasteiger partial charge is 0.313 e. The fourth-order valence-corrected chi connectivity index (χ4v) is 4.52. The van der Waals surface area contributed by atoms with Gasteiger partial charge in [0.15, 0.2) is 0 Å². The monoisotopic (exact) mass is 409 g/mol. The van der Waals surface area contributed by atoms with Crippen molar-refractivity contribution in [3.8, 4) is 0 Å². The molecule has 3 aromatic rings. The Hall–Kier alpha value is -2.93. The molecular weight excluding hydrogens is 386 g/mol. The molecule has 2 amide bonds. The van der Waals surface area contributed by atoms with Crippen LogP contribution in [0.3, 0.4) is 0 Å². The minimum Gasteiger partial charge on any atom is -0.334 e. The van der Waals surface area contributed by atoms with E-state index in [2.05, 4.69) is 41.5 Å². The molecule has 0 bridgehead atoms. The average Bonchev–Trinajstić information content (AvgIpc) is 3.09. The molecule has 0 unspecified atom stereocenters. The number of nitrogens with one attached hydrogen (secondary N) is 2. The lowest BCUT2D eigenvalue weighted by Crippen LogP contribution is -2.44. The van der Waals surface area contributed by atoms with Gasteiger partial charge in [-0.15, -0.1) is 0 Å². The van der Waals surface area contributed by atoms with E-state index >= 15 is 0 Å². The van der Waals surface area contributed by atoms with Crippen molar-refractivity contribution in [1.29, 1.82) is 0 Å². The van der Waals surface area contributed by atoms with Gasteiger partial charge in [-0.1, -0.05) is 41.2 Å². The van der Waals surface area contributed by atoms with Crippen LogP contribution in [0.4, 0.5) is 5.69 Å². The van der Waals surface area contributed by atoms with E-state index in [-0.39, 0.29) is 4.87 Å². The molecular formula is C22H23N3O3S. The second-order valence-electron chi connectivity index (χ2n) is 7.60. The van der Waals surface area contributed by atoms with Gasteiger partial charge in [0.1, 0.15) is 0 Å². The van der Waals surface area contributed by atoms with E-state index in [4.69, 9.17) is 0 Å². The number of thiazole rings is 1. The number of H-pyrrole nitrogens is 1. The van der Waals surface area contributed by atoms with Gasteiger partial charge in [0.05, 0.1) is 10.2 Å². The molecule has 0 spiro atoms. The number of aromatic amines is 1. The molecule has 0 atom stereocenters. The van der Waals surface area contributed by atoms with Crippen LogP contribution in [0.1, 0.15) is 24.0 Å². The predicted octanol–water partition coefficient (Wildman–Crippen LogP) is 3.32. The number of fused-ring (bicyclic) bond motifs is 1. The highest BCUT2D eigenvalue weighted by Gasteiger charge is 2.27. The van der Waals surface area contributed by atoms with E-state index in [0.29, 0.717) is 24.7 Å². The molecule has 6 nitrogen and oxygen atoms in total. The molecule has 7 heteroatoms. The van der Waals surface area contributed by atoms with Gasteiger partial charge in [-0.25, -0.2) is 0 Å². The minimum atomic E-state index is -0.635. The molecule has 1 aliphatic heterocycles. The van der Waals surface area contributed by atoms with Gasteiger partial charge in [-0.2, -0.15) is 0 Å². The predicted molar refractivity (Wildman–Crippen MR) is 115 cm³/mol. The van der Waals surface area contributed by atoms with Crippen LogP contribution in [0, 0.1) is 12.8 Å². The first-order valence-electron chi connectivity index (χ1n) is 9.76. The van der Waals surface area contributed by atoms with Crippen LogP contribution in [0.5, 0.6) is 0 Å². The number of amides is 2. The van der Waals surface area contributed by atoms with Gasteiger partial charge in [-0.05, 0) is 55.9 Å². The van der Waals surface area contributed by atoms with Crippen molar-refractivity contribution >= 4 is 39.1 Å². The molecule has 4 rings (SSSR count). The highest BCUT2D eigenvalue weighted by atomic mass is 32.1. The summed E-state index contributed by atoms with van der Waals surface area (Å²) in [7, 11) is 0. The van der Waals surface area contributed by atoms with Gasteiger partial charge in [-0.3, -0.25) is 14.4 Å². The van der Waals surface area contributed by atoms with E-state index in [1.807, 2.05) is 0 Å². The van der Waals surface area contributed by atoms with Crippen molar-refractivity contribution in [2.24, 2.45) is 5.92 Å². The van der Waals surface area contributed by atoms with Gasteiger partial charge in [0.2, 0.25) is 0 Å². The summed E-state index contributed by atoms with van der Waals surface area (Å²) in [5.74, 6) is -0.603. The molecule has 0 saturated carbocycles. The van der Waals surface area contributed by atoms with E-state index in [1.54, 1.807) is 23.1 Å². The van der Waals surface area contributed by atoms with Gasteiger partial charge in [0.25, 0.3) is 0 Å². The standard InChI is InChI=1S/C22H23N3O3S/c1-14-2-4-15(5-3-14)12-16-8-10-25(11-9-16)21(27)20(26)23-17-6-7-18-19(13-17)29-22(28)24-18/h2-7,13,16H,8-12H2,1H3,(H,23,26)(H,24,28). The summed E-state index contributed by atoms with van der Waals surface area (Å²) < 4.78 is 0.747. The van der Waals surface area contributed by atoms with Crippen molar-refractivity contribution in [2.75, 3.05) is 18.4 Å². The van der Waals surface area contributed by atoms with E-state index in [1.165, 1.54) is 11.1 Å². The van der Waals surface area contributed by atoms with Crippen LogP contribution in [0.2, 0.25) is 0 Å². The summed E-state index contributed by atoms with van der Waals surface area (Å²) in [6.07, 6.45) is 2.81. The summed E-state index contributed by atoms with van der Waals surface area (Å²) in [6, 6.07) is 13.7. The molecule has 29 heavy (non-hydrogen) atoms. The first-order chi connectivity index (χ1) is 14.0. The third kappa shape index (κ3) is 4.56. The Morgan fingerprint density at radius 1 is 1.14 bits per heavy atom. The zero-order valence-electron chi connectivity index (χ0n) is 16.2. The summed E-state index contributed by atoms with van der Waals surface area (Å²) in [5, 5.41) is 2.66. The fraction of sp³-hybridized carbons (Fsp3) is 0.318. The third-order valence-corrected chi connectivity index (χ3v) is 6.26. The first kappa shape index (κ1) is 19.4. The summed E-state index contributed by atoms with van der Waals surface area (Å²) in [4.78, 5) is 40.5. The van der Waals surface area contributed by atoms with Gasteiger partial charge < -0.3 is 15.2 Å². The Kier molecular flexibility index (Phi) is 5.49. The number of aryl methyl sites for hydroxylation is 1. The Morgan fingerprint density at radius 2 is 1.86 bits per heavy atom. The molecule has 2 N–H and O–H groups in total.